The summed E-state index contributed by atoms with van der Waals surface area (Å²) >= 11 is 0. The molecule has 1 amide bonds. The van der Waals surface area contributed by atoms with Crippen LogP contribution in [0, 0.1) is 19.7 Å². The molecule has 0 spiro atoms. The molecule has 3 aromatic rings. The van der Waals surface area contributed by atoms with Gasteiger partial charge in [0.1, 0.15) is 23.4 Å². The molecule has 1 aromatic heterocycles. The highest BCUT2D eigenvalue weighted by atomic mass is 19.1. The third kappa shape index (κ3) is 3.61. The van der Waals surface area contributed by atoms with Gasteiger partial charge in [-0.25, -0.2) is 4.39 Å². The van der Waals surface area contributed by atoms with Crippen LogP contribution in [0.5, 0.6) is 5.75 Å². The fraction of sp³-hybridized carbons (Fsp3) is 0.238. The van der Waals surface area contributed by atoms with Crippen molar-refractivity contribution < 1.29 is 18.4 Å². The van der Waals surface area contributed by atoms with Crippen LogP contribution in [0.4, 0.5) is 10.1 Å². The van der Waals surface area contributed by atoms with E-state index in [0.29, 0.717) is 17.2 Å². The molecule has 2 N–H and O–H groups in total. The molecule has 0 unspecified atom stereocenters. The summed E-state index contributed by atoms with van der Waals surface area (Å²) in [4.78, 5) is 12.5. The molecule has 2 heterocycles. The highest BCUT2D eigenvalue weighted by molar-refractivity contribution is 6.04. The number of nitrogens with zero attached hydrogens (tertiary/aromatic N) is 1. The van der Waals surface area contributed by atoms with Gasteiger partial charge in [0.05, 0.1) is 11.3 Å². The van der Waals surface area contributed by atoms with Crippen molar-refractivity contribution in [3.8, 4) is 16.9 Å². The van der Waals surface area contributed by atoms with E-state index in [1.54, 1.807) is 12.1 Å². The summed E-state index contributed by atoms with van der Waals surface area (Å²) in [7, 11) is 0. The molecule has 2 aromatic carbocycles. The number of nitrogens with one attached hydrogen (secondary N) is 2. The summed E-state index contributed by atoms with van der Waals surface area (Å²) in [6.45, 7) is 5.28. The molecule has 6 nitrogen and oxygen atoms in total. The summed E-state index contributed by atoms with van der Waals surface area (Å²) in [5.74, 6) is 0.523. The largest absolute Gasteiger partial charge is 0.487 e. The van der Waals surface area contributed by atoms with Crippen molar-refractivity contribution in [1.82, 2.24) is 10.5 Å². The SMILES string of the molecule is Cc1noc(C)c1-c1cc(NC(=O)c2cccc(F)c2)ccc1OC1CNC1. The minimum atomic E-state index is -0.457. The maximum atomic E-state index is 13.4. The molecule has 1 aliphatic heterocycles. The highest BCUT2D eigenvalue weighted by Crippen LogP contribution is 2.37. The number of benzene rings is 2. The Bertz CT molecular complexity index is 1010. The van der Waals surface area contributed by atoms with Crippen LogP contribution < -0.4 is 15.4 Å². The van der Waals surface area contributed by atoms with Crippen LogP contribution in [0.15, 0.2) is 47.0 Å². The van der Waals surface area contributed by atoms with E-state index >= 15 is 0 Å². The Morgan fingerprint density at radius 1 is 1.25 bits per heavy atom. The zero-order chi connectivity index (χ0) is 19.7. The maximum absolute atomic E-state index is 13.4. The molecule has 7 heteroatoms. The minimum absolute atomic E-state index is 0.104. The quantitative estimate of drug-likeness (QED) is 0.705. The number of aryl methyl sites for hydroxylation is 2. The van der Waals surface area contributed by atoms with E-state index in [1.165, 1.54) is 18.2 Å². The molecule has 0 saturated carbocycles. The Hall–Kier alpha value is -3.19. The van der Waals surface area contributed by atoms with Gasteiger partial charge in [0.15, 0.2) is 0 Å². The number of halogens is 1. The van der Waals surface area contributed by atoms with Crippen molar-refractivity contribution in [1.29, 1.82) is 0 Å². The van der Waals surface area contributed by atoms with Crippen molar-refractivity contribution in [3.05, 3.63) is 65.3 Å². The number of hydrogen-bond donors (Lipinski definition) is 2. The zero-order valence-electron chi connectivity index (χ0n) is 15.6. The third-order valence-electron chi connectivity index (χ3n) is 4.66. The molecule has 28 heavy (non-hydrogen) atoms. The Labute approximate surface area is 161 Å². The first-order chi connectivity index (χ1) is 13.5. The summed E-state index contributed by atoms with van der Waals surface area (Å²) in [6.07, 6.45) is 0.104. The Morgan fingerprint density at radius 2 is 2.07 bits per heavy atom. The zero-order valence-corrected chi connectivity index (χ0v) is 15.6. The first-order valence-corrected chi connectivity index (χ1v) is 9.03. The average Bonchev–Trinajstić information content (AvgIpc) is 2.97. The summed E-state index contributed by atoms with van der Waals surface area (Å²) in [6, 6.07) is 11.0. The Morgan fingerprint density at radius 3 is 2.71 bits per heavy atom. The van der Waals surface area contributed by atoms with Gasteiger partial charge in [-0.15, -0.1) is 0 Å². The minimum Gasteiger partial charge on any atom is -0.487 e. The second-order valence-corrected chi connectivity index (χ2v) is 6.77. The normalized spacial score (nSPS) is 13.8. The predicted octanol–water partition coefficient (Wildman–Crippen LogP) is 3.70. The number of aromatic nitrogens is 1. The number of anilines is 1. The maximum Gasteiger partial charge on any atom is 0.255 e. The van der Waals surface area contributed by atoms with Crippen molar-refractivity contribution in [2.75, 3.05) is 18.4 Å². The van der Waals surface area contributed by atoms with Gasteiger partial charge in [0, 0.05) is 29.9 Å². The van der Waals surface area contributed by atoms with Gasteiger partial charge in [0.2, 0.25) is 0 Å². The lowest BCUT2D eigenvalue weighted by Gasteiger charge is -2.29. The Balaban J connectivity index is 1.67. The third-order valence-corrected chi connectivity index (χ3v) is 4.66. The van der Waals surface area contributed by atoms with Crippen LogP contribution in [0.1, 0.15) is 21.8 Å². The van der Waals surface area contributed by atoms with E-state index in [4.69, 9.17) is 9.26 Å². The number of amides is 1. The fourth-order valence-corrected chi connectivity index (χ4v) is 3.13. The smallest absolute Gasteiger partial charge is 0.255 e. The molecule has 0 radical (unpaired) electrons. The molecule has 1 saturated heterocycles. The lowest BCUT2D eigenvalue weighted by atomic mass is 10.0. The van der Waals surface area contributed by atoms with Crippen molar-refractivity contribution in [2.24, 2.45) is 0 Å². The number of ether oxygens (including phenoxy) is 1. The monoisotopic (exact) mass is 381 g/mol. The molecule has 0 bridgehead atoms. The van der Waals surface area contributed by atoms with Crippen molar-refractivity contribution >= 4 is 11.6 Å². The number of hydrogen-bond acceptors (Lipinski definition) is 5. The van der Waals surface area contributed by atoms with Gasteiger partial charge in [0.25, 0.3) is 5.91 Å². The predicted molar refractivity (Wildman–Crippen MR) is 103 cm³/mol. The molecule has 1 aliphatic rings. The molecule has 144 valence electrons. The van der Waals surface area contributed by atoms with E-state index in [0.717, 1.165) is 29.9 Å². The van der Waals surface area contributed by atoms with Crippen molar-refractivity contribution in [3.63, 3.8) is 0 Å². The summed E-state index contributed by atoms with van der Waals surface area (Å²) < 4.78 is 24.8. The first-order valence-electron chi connectivity index (χ1n) is 9.03. The molecular formula is C21H20FN3O3. The molecule has 0 atom stereocenters. The van der Waals surface area contributed by atoms with Crippen molar-refractivity contribution in [2.45, 2.75) is 20.0 Å². The van der Waals surface area contributed by atoms with Gasteiger partial charge in [-0.2, -0.15) is 0 Å². The standard InChI is InChI=1S/C21H20FN3O3/c1-12-20(13(2)28-25-12)18-9-16(6-7-19(18)27-17-10-23-11-17)24-21(26)14-4-3-5-15(22)8-14/h3-9,17,23H,10-11H2,1-2H3,(H,24,26). The van der Waals surface area contributed by atoms with E-state index in [9.17, 15) is 9.18 Å². The van der Waals surface area contributed by atoms with Crippen LogP contribution in [0.25, 0.3) is 11.1 Å². The lowest BCUT2D eigenvalue weighted by Crippen LogP contribution is -2.50. The first kappa shape index (κ1) is 18.2. The van der Waals surface area contributed by atoms with Gasteiger partial charge in [-0.3, -0.25) is 4.79 Å². The van der Waals surface area contributed by atoms with Crippen LogP contribution in [0.3, 0.4) is 0 Å². The van der Waals surface area contributed by atoms with Gasteiger partial charge in [-0.05, 0) is 50.2 Å². The summed E-state index contributed by atoms with van der Waals surface area (Å²) in [5.41, 5.74) is 3.19. The second kappa shape index (κ2) is 7.44. The molecular weight excluding hydrogens is 361 g/mol. The van der Waals surface area contributed by atoms with Crippen LogP contribution in [-0.2, 0) is 0 Å². The van der Waals surface area contributed by atoms with Crippen LogP contribution >= 0.6 is 0 Å². The summed E-state index contributed by atoms with van der Waals surface area (Å²) in [5, 5.41) is 10.0. The average molecular weight is 381 g/mol. The highest BCUT2D eigenvalue weighted by Gasteiger charge is 2.23. The molecule has 1 fully saturated rings. The number of carbonyl (C=O) groups excluding carboxylic acids is 1. The lowest BCUT2D eigenvalue weighted by molar-refractivity contribution is 0.102. The topological polar surface area (TPSA) is 76.4 Å². The van der Waals surface area contributed by atoms with Gasteiger partial charge in [-0.1, -0.05) is 11.2 Å². The number of rotatable bonds is 5. The molecule has 4 rings (SSSR count). The second-order valence-electron chi connectivity index (χ2n) is 6.77. The fourth-order valence-electron chi connectivity index (χ4n) is 3.13. The Kier molecular flexibility index (Phi) is 4.83. The number of carbonyl (C=O) groups is 1. The van der Waals surface area contributed by atoms with Gasteiger partial charge < -0.3 is 19.9 Å². The van der Waals surface area contributed by atoms with Gasteiger partial charge >= 0.3 is 0 Å². The van der Waals surface area contributed by atoms with E-state index in [1.807, 2.05) is 26.0 Å². The molecule has 0 aliphatic carbocycles. The van der Waals surface area contributed by atoms with Crippen LogP contribution in [0.2, 0.25) is 0 Å². The van der Waals surface area contributed by atoms with Crippen LogP contribution in [-0.4, -0.2) is 30.3 Å². The van der Waals surface area contributed by atoms with E-state index < -0.39 is 5.82 Å². The van der Waals surface area contributed by atoms with E-state index in [2.05, 4.69) is 15.8 Å². The van der Waals surface area contributed by atoms with E-state index in [-0.39, 0.29) is 17.6 Å².